The van der Waals surface area contributed by atoms with Crippen LogP contribution in [0.5, 0.6) is 0 Å². The fourth-order valence-corrected chi connectivity index (χ4v) is 1.13. The Bertz CT molecular complexity index is 315. The number of pyridine rings is 1. The largest absolute Gasteiger partial charge is 0.387 e. The van der Waals surface area contributed by atoms with Crippen LogP contribution in [0.15, 0.2) is 18.5 Å². The molecule has 0 aliphatic heterocycles. The monoisotopic (exact) mass is 199 g/mol. The molecule has 2 N–H and O–H groups in total. The van der Waals surface area contributed by atoms with Crippen molar-refractivity contribution >= 4 is 0 Å². The van der Waals surface area contributed by atoms with Gasteiger partial charge in [-0.15, -0.1) is 0 Å². The van der Waals surface area contributed by atoms with Gasteiger partial charge < -0.3 is 10.2 Å². The lowest BCUT2D eigenvalue weighted by Crippen LogP contribution is -2.31. The molecule has 1 rings (SSSR count). The Morgan fingerprint density at radius 1 is 1.57 bits per heavy atom. The van der Waals surface area contributed by atoms with Crippen LogP contribution in [0.1, 0.15) is 31.9 Å². The van der Waals surface area contributed by atoms with Gasteiger partial charge in [0.05, 0.1) is 11.8 Å². The van der Waals surface area contributed by atoms with E-state index in [-0.39, 0.29) is 5.56 Å². The molecule has 0 spiro atoms. The molecular formula is C10H14FNO2. The second-order valence-electron chi connectivity index (χ2n) is 3.55. The minimum atomic E-state index is -1.25. The minimum absolute atomic E-state index is 0.289. The van der Waals surface area contributed by atoms with Gasteiger partial charge >= 0.3 is 0 Å². The highest BCUT2D eigenvalue weighted by Crippen LogP contribution is 2.27. The summed E-state index contributed by atoms with van der Waals surface area (Å²) in [6.07, 6.45) is 1.66. The molecule has 0 amide bonds. The fourth-order valence-electron chi connectivity index (χ4n) is 1.13. The molecule has 2 atom stereocenters. The molecule has 0 saturated carbocycles. The van der Waals surface area contributed by atoms with E-state index in [2.05, 4.69) is 4.98 Å². The molecule has 1 aromatic heterocycles. The summed E-state index contributed by atoms with van der Waals surface area (Å²) in [6.45, 7) is 3.25. The SMILES string of the molecule is CCC(C)(O)C(O)c1cncc(F)c1. The molecule has 0 bridgehead atoms. The van der Waals surface area contributed by atoms with E-state index in [0.717, 1.165) is 6.20 Å². The highest BCUT2D eigenvalue weighted by Gasteiger charge is 2.29. The molecule has 78 valence electrons. The third kappa shape index (κ3) is 2.27. The van der Waals surface area contributed by atoms with Crippen molar-refractivity contribution in [3.05, 3.63) is 29.8 Å². The number of halogens is 1. The first-order valence-corrected chi connectivity index (χ1v) is 4.48. The van der Waals surface area contributed by atoms with Crippen molar-refractivity contribution < 1.29 is 14.6 Å². The summed E-state index contributed by atoms with van der Waals surface area (Å²) in [4.78, 5) is 3.61. The van der Waals surface area contributed by atoms with Gasteiger partial charge in [0.25, 0.3) is 0 Å². The summed E-state index contributed by atoms with van der Waals surface area (Å²) in [5.41, 5.74) is -0.966. The van der Waals surface area contributed by atoms with Crippen LogP contribution in [0.3, 0.4) is 0 Å². The molecule has 1 heterocycles. The number of hydrogen-bond donors (Lipinski definition) is 2. The summed E-state index contributed by atoms with van der Waals surface area (Å²) >= 11 is 0. The molecule has 1 aromatic rings. The minimum Gasteiger partial charge on any atom is -0.387 e. The Morgan fingerprint density at radius 2 is 2.21 bits per heavy atom. The zero-order valence-corrected chi connectivity index (χ0v) is 8.24. The predicted octanol–water partition coefficient (Wildman–Crippen LogP) is 1.42. The van der Waals surface area contributed by atoms with Gasteiger partial charge in [-0.25, -0.2) is 4.39 Å². The van der Waals surface area contributed by atoms with Crippen molar-refractivity contribution in [3.8, 4) is 0 Å². The Balaban J connectivity index is 2.94. The maximum absolute atomic E-state index is 12.8. The van der Waals surface area contributed by atoms with Crippen LogP contribution in [0.25, 0.3) is 0 Å². The smallest absolute Gasteiger partial charge is 0.141 e. The number of hydrogen-bond acceptors (Lipinski definition) is 3. The number of aliphatic hydroxyl groups excluding tert-OH is 1. The summed E-state index contributed by atoms with van der Waals surface area (Å²) in [6, 6.07) is 1.17. The molecule has 0 radical (unpaired) electrons. The first-order valence-electron chi connectivity index (χ1n) is 4.48. The maximum Gasteiger partial charge on any atom is 0.141 e. The Labute approximate surface area is 82.2 Å². The first-order chi connectivity index (χ1) is 6.47. The van der Waals surface area contributed by atoms with Gasteiger partial charge in [0, 0.05) is 11.8 Å². The quantitative estimate of drug-likeness (QED) is 0.774. The lowest BCUT2D eigenvalue weighted by molar-refractivity contribution is -0.0661. The van der Waals surface area contributed by atoms with E-state index in [0.29, 0.717) is 6.42 Å². The summed E-state index contributed by atoms with van der Waals surface area (Å²) < 4.78 is 12.8. The number of aromatic nitrogens is 1. The Kier molecular flexibility index (Phi) is 3.18. The van der Waals surface area contributed by atoms with Gasteiger partial charge in [-0.3, -0.25) is 4.98 Å². The number of rotatable bonds is 3. The zero-order valence-electron chi connectivity index (χ0n) is 8.24. The van der Waals surface area contributed by atoms with Gasteiger partial charge in [-0.05, 0) is 19.4 Å². The van der Waals surface area contributed by atoms with Gasteiger partial charge in [-0.2, -0.15) is 0 Å². The zero-order chi connectivity index (χ0) is 10.8. The third-order valence-electron chi connectivity index (χ3n) is 2.35. The van der Waals surface area contributed by atoms with Gasteiger partial charge in [0.1, 0.15) is 11.9 Å². The van der Waals surface area contributed by atoms with Crippen molar-refractivity contribution in [3.63, 3.8) is 0 Å². The average molecular weight is 199 g/mol. The van der Waals surface area contributed by atoms with Crippen molar-refractivity contribution in [1.82, 2.24) is 4.98 Å². The Morgan fingerprint density at radius 3 is 2.71 bits per heavy atom. The number of nitrogens with zero attached hydrogens (tertiary/aromatic N) is 1. The second kappa shape index (κ2) is 4.02. The molecule has 0 aliphatic carbocycles. The highest BCUT2D eigenvalue weighted by atomic mass is 19.1. The first kappa shape index (κ1) is 11.1. The van der Waals surface area contributed by atoms with Crippen molar-refractivity contribution in [2.45, 2.75) is 32.0 Å². The van der Waals surface area contributed by atoms with Crippen LogP contribution < -0.4 is 0 Å². The topological polar surface area (TPSA) is 53.4 Å². The van der Waals surface area contributed by atoms with Crippen LogP contribution in [0.4, 0.5) is 4.39 Å². The molecule has 3 nitrogen and oxygen atoms in total. The predicted molar refractivity (Wildman–Crippen MR) is 50.1 cm³/mol. The molecule has 2 unspecified atom stereocenters. The third-order valence-corrected chi connectivity index (χ3v) is 2.35. The van der Waals surface area contributed by atoms with Crippen molar-refractivity contribution in [1.29, 1.82) is 0 Å². The van der Waals surface area contributed by atoms with E-state index in [1.54, 1.807) is 6.92 Å². The lowest BCUT2D eigenvalue weighted by atomic mass is 9.91. The lowest BCUT2D eigenvalue weighted by Gasteiger charge is -2.27. The average Bonchev–Trinajstić information content (AvgIpc) is 2.16. The second-order valence-corrected chi connectivity index (χ2v) is 3.55. The van der Waals surface area contributed by atoms with Crippen LogP contribution in [-0.4, -0.2) is 20.8 Å². The van der Waals surface area contributed by atoms with Gasteiger partial charge in [0.2, 0.25) is 0 Å². The Hall–Kier alpha value is -1.00. The van der Waals surface area contributed by atoms with Crippen LogP contribution in [-0.2, 0) is 0 Å². The fraction of sp³-hybridized carbons (Fsp3) is 0.500. The van der Waals surface area contributed by atoms with E-state index in [9.17, 15) is 14.6 Å². The van der Waals surface area contributed by atoms with E-state index in [4.69, 9.17) is 0 Å². The summed E-state index contributed by atoms with van der Waals surface area (Å²) in [5.74, 6) is -0.520. The van der Waals surface area contributed by atoms with Crippen LogP contribution >= 0.6 is 0 Å². The van der Waals surface area contributed by atoms with E-state index >= 15 is 0 Å². The molecule has 0 saturated heterocycles. The van der Waals surface area contributed by atoms with Gasteiger partial charge in [-0.1, -0.05) is 6.92 Å². The van der Waals surface area contributed by atoms with Crippen LogP contribution in [0.2, 0.25) is 0 Å². The molecule has 4 heteroatoms. The summed E-state index contributed by atoms with van der Waals surface area (Å²) in [5, 5.41) is 19.5. The molecule has 0 aromatic carbocycles. The van der Waals surface area contributed by atoms with E-state index in [1.807, 2.05) is 0 Å². The van der Waals surface area contributed by atoms with E-state index in [1.165, 1.54) is 19.2 Å². The standard InChI is InChI=1S/C10H14FNO2/c1-3-10(2,14)9(13)7-4-8(11)6-12-5-7/h4-6,9,13-14H,3H2,1-2H3. The molecule has 0 aliphatic rings. The molecule has 14 heavy (non-hydrogen) atoms. The highest BCUT2D eigenvalue weighted by molar-refractivity contribution is 5.16. The molecule has 0 fully saturated rings. The van der Waals surface area contributed by atoms with E-state index < -0.39 is 17.5 Å². The van der Waals surface area contributed by atoms with Gasteiger partial charge in [0.15, 0.2) is 0 Å². The molecular weight excluding hydrogens is 185 g/mol. The number of aliphatic hydroxyl groups is 2. The summed E-state index contributed by atoms with van der Waals surface area (Å²) in [7, 11) is 0. The van der Waals surface area contributed by atoms with Crippen LogP contribution in [0, 0.1) is 5.82 Å². The normalized spacial score (nSPS) is 17.5. The maximum atomic E-state index is 12.8. The van der Waals surface area contributed by atoms with Crippen molar-refractivity contribution in [2.75, 3.05) is 0 Å². The van der Waals surface area contributed by atoms with Crippen molar-refractivity contribution in [2.24, 2.45) is 0 Å².